The van der Waals surface area contributed by atoms with Crippen LogP contribution in [-0.4, -0.2) is 54.5 Å². The molecule has 6 nitrogen and oxygen atoms in total. The van der Waals surface area contributed by atoms with Crippen molar-refractivity contribution in [2.45, 2.75) is 45.2 Å². The minimum Gasteiger partial charge on any atom is -0.459 e. The molecule has 1 amide bonds. The summed E-state index contributed by atoms with van der Waals surface area (Å²) >= 11 is 1.95. The molecule has 1 saturated carbocycles. The van der Waals surface area contributed by atoms with E-state index in [4.69, 9.17) is 4.42 Å². The predicted octanol–water partition coefficient (Wildman–Crippen LogP) is 3.54. The third-order valence-corrected chi connectivity index (χ3v) is 7.26. The Morgan fingerprint density at radius 3 is 2.63 bits per heavy atom. The molecule has 30 heavy (non-hydrogen) atoms. The van der Waals surface area contributed by atoms with Crippen LogP contribution in [0.3, 0.4) is 0 Å². The lowest BCUT2D eigenvalue weighted by molar-refractivity contribution is -0.136. The third kappa shape index (κ3) is 4.77. The van der Waals surface area contributed by atoms with Gasteiger partial charge in [-0.2, -0.15) is 11.8 Å². The molecule has 1 aliphatic heterocycles. The van der Waals surface area contributed by atoms with Crippen molar-refractivity contribution in [3.05, 3.63) is 35.6 Å². The molecule has 0 radical (unpaired) electrons. The molecule has 2 heterocycles. The number of aliphatic imine (C=N–C) groups is 1. The number of para-hydroxylation sites is 1. The monoisotopic (exact) mass is 428 g/mol. The molecule has 1 aliphatic carbocycles. The van der Waals surface area contributed by atoms with Gasteiger partial charge in [-0.3, -0.25) is 9.79 Å². The summed E-state index contributed by atoms with van der Waals surface area (Å²) < 4.78 is 5.99. The molecular weight excluding hydrogens is 396 g/mol. The highest BCUT2D eigenvalue weighted by atomic mass is 32.2. The number of carbonyl (C=O) groups is 1. The van der Waals surface area contributed by atoms with Crippen LogP contribution < -0.4 is 10.6 Å². The molecular formula is C23H32N4O2S. The van der Waals surface area contributed by atoms with Gasteiger partial charge in [-0.05, 0) is 38.7 Å². The van der Waals surface area contributed by atoms with Crippen LogP contribution in [0.4, 0.5) is 0 Å². The Balaban J connectivity index is 1.26. The maximum atomic E-state index is 12.8. The van der Waals surface area contributed by atoms with E-state index in [1.807, 2.05) is 30.0 Å². The molecule has 7 heteroatoms. The van der Waals surface area contributed by atoms with Gasteiger partial charge in [0.15, 0.2) is 5.96 Å². The summed E-state index contributed by atoms with van der Waals surface area (Å²) in [5, 5.41) is 8.08. The summed E-state index contributed by atoms with van der Waals surface area (Å²) in [6.07, 6.45) is 3.92. The largest absolute Gasteiger partial charge is 0.459 e. The van der Waals surface area contributed by atoms with E-state index >= 15 is 0 Å². The van der Waals surface area contributed by atoms with E-state index < -0.39 is 0 Å². The number of amides is 1. The second-order valence-electron chi connectivity index (χ2n) is 8.20. The zero-order chi connectivity index (χ0) is 20.9. The van der Waals surface area contributed by atoms with Gasteiger partial charge in [0, 0.05) is 54.6 Å². The summed E-state index contributed by atoms with van der Waals surface area (Å²) in [6.45, 7) is 4.53. The fourth-order valence-corrected chi connectivity index (χ4v) is 5.38. The maximum Gasteiger partial charge on any atom is 0.225 e. The summed E-state index contributed by atoms with van der Waals surface area (Å²) in [5.41, 5.74) is 2.09. The van der Waals surface area contributed by atoms with Crippen molar-refractivity contribution in [1.82, 2.24) is 15.5 Å². The number of furan rings is 1. The lowest BCUT2D eigenvalue weighted by atomic mass is 9.85. The number of aryl methyl sites for hydroxylation is 1. The lowest BCUT2D eigenvalue weighted by Crippen LogP contribution is -2.47. The van der Waals surface area contributed by atoms with Crippen molar-refractivity contribution in [2.24, 2.45) is 10.9 Å². The van der Waals surface area contributed by atoms with Crippen LogP contribution in [0, 0.1) is 12.8 Å². The Morgan fingerprint density at radius 2 is 1.93 bits per heavy atom. The SMILES string of the molecule is CN=C(NCc1oc2ccccc2c1C)NC1CCC(C(=O)N2CCSCC2)CC1. The lowest BCUT2D eigenvalue weighted by Gasteiger charge is -2.34. The van der Waals surface area contributed by atoms with Crippen LogP contribution in [0.1, 0.15) is 37.0 Å². The highest BCUT2D eigenvalue weighted by Crippen LogP contribution is 2.27. The molecule has 2 N–H and O–H groups in total. The number of carbonyl (C=O) groups excluding carboxylic acids is 1. The smallest absolute Gasteiger partial charge is 0.225 e. The van der Waals surface area contributed by atoms with Gasteiger partial charge in [0.25, 0.3) is 0 Å². The van der Waals surface area contributed by atoms with Crippen molar-refractivity contribution < 1.29 is 9.21 Å². The number of nitrogens with zero attached hydrogens (tertiary/aromatic N) is 2. The van der Waals surface area contributed by atoms with Gasteiger partial charge in [0.05, 0.1) is 6.54 Å². The number of thioether (sulfide) groups is 1. The van der Waals surface area contributed by atoms with E-state index in [9.17, 15) is 4.79 Å². The average Bonchev–Trinajstić information content (AvgIpc) is 3.13. The van der Waals surface area contributed by atoms with E-state index in [0.29, 0.717) is 18.5 Å². The quantitative estimate of drug-likeness (QED) is 0.576. The van der Waals surface area contributed by atoms with E-state index in [1.54, 1.807) is 7.05 Å². The molecule has 2 aromatic rings. The second-order valence-corrected chi connectivity index (χ2v) is 9.43. The molecule has 0 spiro atoms. The average molecular weight is 429 g/mol. The van der Waals surface area contributed by atoms with E-state index in [2.05, 4.69) is 33.5 Å². The van der Waals surface area contributed by atoms with Gasteiger partial charge in [-0.15, -0.1) is 0 Å². The Hall–Kier alpha value is -2.15. The van der Waals surface area contributed by atoms with Crippen molar-refractivity contribution in [3.63, 3.8) is 0 Å². The summed E-state index contributed by atoms with van der Waals surface area (Å²) in [5.74, 6) is 4.45. The molecule has 2 aliphatic rings. The first-order valence-corrected chi connectivity index (χ1v) is 12.1. The predicted molar refractivity (Wildman–Crippen MR) is 124 cm³/mol. The van der Waals surface area contributed by atoms with Gasteiger partial charge < -0.3 is 20.0 Å². The first-order valence-electron chi connectivity index (χ1n) is 11.0. The summed E-state index contributed by atoms with van der Waals surface area (Å²) in [4.78, 5) is 19.2. The van der Waals surface area contributed by atoms with Gasteiger partial charge in [0.2, 0.25) is 5.91 Å². The third-order valence-electron chi connectivity index (χ3n) is 6.32. The van der Waals surface area contributed by atoms with Crippen LogP contribution in [0.25, 0.3) is 11.0 Å². The summed E-state index contributed by atoms with van der Waals surface area (Å²) in [6, 6.07) is 8.48. The van der Waals surface area contributed by atoms with Gasteiger partial charge in [0.1, 0.15) is 11.3 Å². The molecule has 0 atom stereocenters. The van der Waals surface area contributed by atoms with Crippen LogP contribution in [0.5, 0.6) is 0 Å². The molecule has 1 aromatic heterocycles. The zero-order valence-electron chi connectivity index (χ0n) is 17.9. The molecule has 162 valence electrons. The molecule has 0 bridgehead atoms. The molecule has 2 fully saturated rings. The number of nitrogens with one attached hydrogen (secondary N) is 2. The minimum absolute atomic E-state index is 0.194. The first-order chi connectivity index (χ1) is 14.7. The van der Waals surface area contributed by atoms with Crippen LogP contribution in [0.2, 0.25) is 0 Å². The highest BCUT2D eigenvalue weighted by molar-refractivity contribution is 7.99. The highest BCUT2D eigenvalue weighted by Gasteiger charge is 2.30. The number of guanidine groups is 1. The number of fused-ring (bicyclic) bond motifs is 1. The number of rotatable bonds is 4. The van der Waals surface area contributed by atoms with Crippen LogP contribution in [0.15, 0.2) is 33.7 Å². The Labute approximate surface area is 182 Å². The maximum absolute atomic E-state index is 12.8. The zero-order valence-corrected chi connectivity index (χ0v) is 18.8. The van der Waals surface area contributed by atoms with E-state index in [-0.39, 0.29) is 5.92 Å². The van der Waals surface area contributed by atoms with Crippen molar-refractivity contribution in [2.75, 3.05) is 31.6 Å². The van der Waals surface area contributed by atoms with Gasteiger partial charge in [-0.1, -0.05) is 18.2 Å². The van der Waals surface area contributed by atoms with Crippen molar-refractivity contribution in [1.29, 1.82) is 0 Å². The number of hydrogen-bond acceptors (Lipinski definition) is 4. The Kier molecular flexibility index (Phi) is 6.87. The summed E-state index contributed by atoms with van der Waals surface area (Å²) in [7, 11) is 1.80. The van der Waals surface area contributed by atoms with Crippen molar-refractivity contribution >= 4 is 34.6 Å². The topological polar surface area (TPSA) is 69.9 Å². The molecule has 4 rings (SSSR count). The van der Waals surface area contributed by atoms with Crippen LogP contribution in [-0.2, 0) is 11.3 Å². The standard InChI is InChI=1S/C23H32N4O2S/c1-16-19-5-3-4-6-20(19)29-21(16)15-25-23(24-2)26-18-9-7-17(8-10-18)22(28)27-11-13-30-14-12-27/h3-6,17-18H,7-15H2,1-2H3,(H2,24,25,26). The minimum atomic E-state index is 0.194. The van der Waals surface area contributed by atoms with E-state index in [1.165, 1.54) is 5.56 Å². The fraction of sp³-hybridized carbons (Fsp3) is 0.565. The van der Waals surface area contributed by atoms with Gasteiger partial charge >= 0.3 is 0 Å². The molecule has 1 saturated heterocycles. The van der Waals surface area contributed by atoms with E-state index in [0.717, 1.165) is 73.0 Å². The van der Waals surface area contributed by atoms with Gasteiger partial charge in [-0.25, -0.2) is 0 Å². The molecule has 1 aromatic carbocycles. The van der Waals surface area contributed by atoms with Crippen molar-refractivity contribution in [3.8, 4) is 0 Å². The second kappa shape index (κ2) is 9.77. The Bertz CT molecular complexity index is 896. The number of hydrogen-bond donors (Lipinski definition) is 2. The first kappa shape index (κ1) is 21.1. The Morgan fingerprint density at radius 1 is 1.20 bits per heavy atom. The fourth-order valence-electron chi connectivity index (χ4n) is 4.47. The molecule has 0 unspecified atom stereocenters. The van der Waals surface area contributed by atoms with Crippen LogP contribution >= 0.6 is 11.8 Å². The number of benzene rings is 1. The normalized spacial score (nSPS) is 22.9.